The molecule has 0 saturated heterocycles. The normalized spacial score (nSPS) is 27.6. The molecular weight excluding hydrogens is 431 g/mol. The number of hydrogen-bond donors (Lipinski definition) is 1. The van der Waals surface area contributed by atoms with Gasteiger partial charge in [-0.1, -0.05) is 36.0 Å². The van der Waals surface area contributed by atoms with Crippen LogP contribution in [0.5, 0.6) is 0 Å². The predicted octanol–water partition coefficient (Wildman–Crippen LogP) is 4.67. The topological polar surface area (TPSA) is 76.1 Å². The van der Waals surface area contributed by atoms with Gasteiger partial charge in [-0.25, -0.2) is 13.4 Å². The molecule has 1 amide bonds. The van der Waals surface area contributed by atoms with Crippen LogP contribution in [0.1, 0.15) is 68.3 Å². The van der Waals surface area contributed by atoms with E-state index in [4.69, 9.17) is 23.2 Å². The lowest BCUT2D eigenvalue weighted by molar-refractivity contribution is 0.0890. The summed E-state index contributed by atoms with van der Waals surface area (Å²) in [6.45, 7) is 0.540. The molecule has 3 saturated carbocycles. The van der Waals surface area contributed by atoms with E-state index in [-0.39, 0.29) is 27.3 Å². The number of amides is 1. The molecule has 160 valence electrons. The molecule has 3 fully saturated rings. The standard InChI is InChI=1S/C21H28Cl2N2O3S/c22-16-9-18(23)19(24-11-16)20(26)25-13-21(10-14-1-2-14)7-5-17(6-8-21)29(27,28)12-15-3-4-15/h9,11,14-15,17H,1-8,10,12-13H2,(H,25,26). The lowest BCUT2D eigenvalue weighted by atomic mass is 9.70. The van der Waals surface area contributed by atoms with E-state index in [1.165, 1.54) is 25.1 Å². The smallest absolute Gasteiger partial charge is 0.271 e. The number of nitrogens with one attached hydrogen (secondary N) is 1. The number of halogens is 2. The average molecular weight is 459 g/mol. The average Bonchev–Trinajstić information content (AvgIpc) is 3.58. The molecule has 0 bridgehead atoms. The Kier molecular flexibility index (Phi) is 6.16. The van der Waals surface area contributed by atoms with Crippen LogP contribution in [-0.4, -0.2) is 36.9 Å². The minimum atomic E-state index is -2.99. The fourth-order valence-corrected chi connectivity index (χ4v) is 7.31. The van der Waals surface area contributed by atoms with Crippen LogP contribution >= 0.6 is 23.2 Å². The Balaban J connectivity index is 1.39. The molecule has 0 radical (unpaired) electrons. The minimum Gasteiger partial charge on any atom is -0.350 e. The van der Waals surface area contributed by atoms with Gasteiger partial charge < -0.3 is 5.32 Å². The zero-order valence-electron chi connectivity index (χ0n) is 16.5. The van der Waals surface area contributed by atoms with E-state index in [0.29, 0.717) is 42.0 Å². The van der Waals surface area contributed by atoms with Gasteiger partial charge >= 0.3 is 0 Å². The molecule has 3 aliphatic rings. The molecule has 3 aliphatic carbocycles. The van der Waals surface area contributed by atoms with Crippen molar-refractivity contribution in [1.29, 1.82) is 0 Å². The van der Waals surface area contributed by atoms with E-state index >= 15 is 0 Å². The second-order valence-corrected chi connectivity index (χ2v) is 12.5. The lowest BCUT2D eigenvalue weighted by Crippen LogP contribution is -2.43. The van der Waals surface area contributed by atoms with Crippen molar-refractivity contribution in [2.45, 2.75) is 63.0 Å². The van der Waals surface area contributed by atoms with Crippen molar-refractivity contribution >= 4 is 38.9 Å². The first-order chi connectivity index (χ1) is 13.8. The third-order valence-corrected chi connectivity index (χ3v) is 9.65. The highest BCUT2D eigenvalue weighted by molar-refractivity contribution is 7.92. The molecule has 0 atom stereocenters. The summed E-state index contributed by atoms with van der Waals surface area (Å²) in [7, 11) is -2.99. The van der Waals surface area contributed by atoms with Gasteiger partial charge in [-0.3, -0.25) is 4.79 Å². The summed E-state index contributed by atoms with van der Waals surface area (Å²) >= 11 is 12.0. The monoisotopic (exact) mass is 458 g/mol. The van der Waals surface area contributed by atoms with Gasteiger partial charge in [0, 0.05) is 12.7 Å². The molecule has 0 aromatic carbocycles. The van der Waals surface area contributed by atoms with Crippen molar-refractivity contribution < 1.29 is 13.2 Å². The van der Waals surface area contributed by atoms with E-state index in [2.05, 4.69) is 10.3 Å². The quantitative estimate of drug-likeness (QED) is 0.613. The highest BCUT2D eigenvalue weighted by atomic mass is 35.5. The number of rotatable bonds is 8. The van der Waals surface area contributed by atoms with E-state index in [1.54, 1.807) is 0 Å². The van der Waals surface area contributed by atoms with Gasteiger partial charge in [0.2, 0.25) is 0 Å². The molecule has 29 heavy (non-hydrogen) atoms. The maximum absolute atomic E-state index is 12.7. The Hall–Kier alpha value is -0.850. The number of carbonyl (C=O) groups is 1. The second-order valence-electron chi connectivity index (χ2n) is 9.29. The third-order valence-electron chi connectivity index (χ3n) is 6.73. The van der Waals surface area contributed by atoms with Crippen molar-refractivity contribution in [2.75, 3.05) is 12.3 Å². The van der Waals surface area contributed by atoms with Gasteiger partial charge in [0.25, 0.3) is 5.91 Å². The lowest BCUT2D eigenvalue weighted by Gasteiger charge is -2.40. The van der Waals surface area contributed by atoms with Crippen molar-refractivity contribution in [3.8, 4) is 0 Å². The highest BCUT2D eigenvalue weighted by Gasteiger charge is 2.43. The molecular formula is C21H28Cl2N2O3S. The Bertz CT molecular complexity index is 874. The van der Waals surface area contributed by atoms with Crippen LogP contribution < -0.4 is 5.32 Å². The van der Waals surface area contributed by atoms with Gasteiger partial charge in [-0.05, 0) is 68.3 Å². The zero-order chi connectivity index (χ0) is 20.6. The molecule has 1 aromatic rings. The second kappa shape index (κ2) is 8.35. The van der Waals surface area contributed by atoms with Gasteiger partial charge in [-0.15, -0.1) is 0 Å². The summed E-state index contributed by atoms with van der Waals surface area (Å²) in [5.41, 5.74) is 0.153. The van der Waals surface area contributed by atoms with Crippen molar-refractivity contribution in [3.05, 3.63) is 28.0 Å². The van der Waals surface area contributed by atoms with Crippen LogP contribution in [0.25, 0.3) is 0 Å². The minimum absolute atomic E-state index is 0.0265. The van der Waals surface area contributed by atoms with Gasteiger partial charge in [0.1, 0.15) is 5.69 Å². The number of nitrogens with zero attached hydrogens (tertiary/aromatic N) is 1. The highest BCUT2D eigenvalue weighted by Crippen LogP contribution is 2.48. The molecule has 5 nitrogen and oxygen atoms in total. The van der Waals surface area contributed by atoms with Crippen LogP contribution in [0, 0.1) is 17.3 Å². The number of pyridine rings is 1. The Labute approximate surface area is 182 Å². The first-order valence-electron chi connectivity index (χ1n) is 10.6. The maximum atomic E-state index is 12.7. The van der Waals surface area contributed by atoms with E-state index in [9.17, 15) is 13.2 Å². The van der Waals surface area contributed by atoms with Crippen LogP contribution in [-0.2, 0) is 9.84 Å². The first kappa shape index (κ1) is 21.4. The van der Waals surface area contributed by atoms with Crippen molar-refractivity contribution in [2.24, 2.45) is 17.3 Å². The SMILES string of the molecule is O=C(NCC1(CC2CC2)CCC(S(=O)(=O)CC2CC2)CC1)c1ncc(Cl)cc1Cl. The predicted molar refractivity (Wildman–Crippen MR) is 115 cm³/mol. The maximum Gasteiger partial charge on any atom is 0.271 e. The molecule has 1 N–H and O–H groups in total. The fraction of sp³-hybridized carbons (Fsp3) is 0.714. The van der Waals surface area contributed by atoms with E-state index in [1.807, 2.05) is 0 Å². The molecule has 0 aliphatic heterocycles. The summed E-state index contributed by atoms with van der Waals surface area (Å²) in [6.07, 6.45) is 10.2. The number of carbonyl (C=O) groups excluding carboxylic acids is 1. The molecule has 4 rings (SSSR count). The Morgan fingerprint density at radius 1 is 1.10 bits per heavy atom. The summed E-state index contributed by atoms with van der Waals surface area (Å²) in [4.78, 5) is 16.7. The van der Waals surface area contributed by atoms with Crippen molar-refractivity contribution in [1.82, 2.24) is 10.3 Å². The van der Waals surface area contributed by atoms with E-state index < -0.39 is 9.84 Å². The van der Waals surface area contributed by atoms with Crippen LogP contribution in [0.2, 0.25) is 10.0 Å². The molecule has 0 spiro atoms. The Morgan fingerprint density at radius 2 is 1.76 bits per heavy atom. The first-order valence-corrected chi connectivity index (χ1v) is 13.0. The summed E-state index contributed by atoms with van der Waals surface area (Å²) in [6, 6.07) is 1.51. The van der Waals surface area contributed by atoms with Crippen LogP contribution in [0.4, 0.5) is 0 Å². The summed E-state index contributed by atoms with van der Waals surface area (Å²) in [5, 5.41) is 3.44. The fourth-order valence-electron chi connectivity index (χ4n) is 4.63. The molecule has 1 aromatic heterocycles. The molecule has 0 unspecified atom stereocenters. The molecule has 1 heterocycles. The summed E-state index contributed by atoms with van der Waals surface area (Å²) < 4.78 is 25.4. The summed E-state index contributed by atoms with van der Waals surface area (Å²) in [5.74, 6) is 1.17. The van der Waals surface area contributed by atoms with Gasteiger partial charge in [0.05, 0.1) is 21.0 Å². The molecule has 8 heteroatoms. The van der Waals surface area contributed by atoms with Gasteiger partial charge in [0.15, 0.2) is 9.84 Å². The van der Waals surface area contributed by atoms with E-state index in [0.717, 1.165) is 32.1 Å². The zero-order valence-corrected chi connectivity index (χ0v) is 18.8. The van der Waals surface area contributed by atoms with Crippen molar-refractivity contribution in [3.63, 3.8) is 0 Å². The van der Waals surface area contributed by atoms with Gasteiger partial charge in [-0.2, -0.15) is 0 Å². The van der Waals surface area contributed by atoms with Crippen LogP contribution in [0.3, 0.4) is 0 Å². The number of sulfone groups is 1. The largest absolute Gasteiger partial charge is 0.350 e. The third kappa shape index (κ3) is 5.45. The van der Waals surface area contributed by atoms with Crippen LogP contribution in [0.15, 0.2) is 12.3 Å². The Morgan fingerprint density at radius 3 is 2.34 bits per heavy atom. The number of aromatic nitrogens is 1. The number of hydrogen-bond acceptors (Lipinski definition) is 4.